The Hall–Kier alpha value is -0.630. The van der Waals surface area contributed by atoms with Crippen LogP contribution in [0.2, 0.25) is 0 Å². The summed E-state index contributed by atoms with van der Waals surface area (Å²) in [7, 11) is 0. The first kappa shape index (κ1) is 14.4. The molecule has 0 aliphatic heterocycles. The van der Waals surface area contributed by atoms with Crippen LogP contribution < -0.4 is 5.73 Å². The number of allylic oxidation sites excluding steroid dienone is 4. The zero-order chi connectivity index (χ0) is 12.5. The first-order chi connectivity index (χ1) is 8.29. The SMILES string of the molecule is CCCCCCCC1=CC=CCC1/C(N)=C/S. The van der Waals surface area contributed by atoms with E-state index in [2.05, 4.69) is 37.8 Å². The molecular formula is C15H25NS. The molecule has 17 heavy (non-hydrogen) atoms. The third-order valence-electron chi connectivity index (χ3n) is 3.39. The van der Waals surface area contributed by atoms with Crippen molar-refractivity contribution >= 4 is 12.6 Å². The van der Waals surface area contributed by atoms with Crippen LogP contribution in [0.25, 0.3) is 0 Å². The van der Waals surface area contributed by atoms with E-state index in [0.717, 1.165) is 12.1 Å². The summed E-state index contributed by atoms with van der Waals surface area (Å²) in [6.07, 6.45) is 15.5. The molecule has 0 amide bonds. The highest BCUT2D eigenvalue weighted by Gasteiger charge is 2.16. The van der Waals surface area contributed by atoms with Gasteiger partial charge in [-0.25, -0.2) is 0 Å². The summed E-state index contributed by atoms with van der Waals surface area (Å²) in [5, 5.41) is 1.74. The molecule has 1 nitrogen and oxygen atoms in total. The van der Waals surface area contributed by atoms with Gasteiger partial charge in [-0.15, -0.1) is 12.6 Å². The number of nitrogens with two attached hydrogens (primary N) is 1. The summed E-state index contributed by atoms with van der Waals surface area (Å²) >= 11 is 4.17. The third-order valence-corrected chi connectivity index (χ3v) is 3.68. The van der Waals surface area contributed by atoms with E-state index in [9.17, 15) is 0 Å². The van der Waals surface area contributed by atoms with Crippen molar-refractivity contribution in [3.63, 3.8) is 0 Å². The van der Waals surface area contributed by atoms with Crippen molar-refractivity contribution < 1.29 is 0 Å². The first-order valence-corrected chi connectivity index (χ1v) is 7.26. The predicted molar refractivity (Wildman–Crippen MR) is 80.0 cm³/mol. The van der Waals surface area contributed by atoms with Crippen molar-refractivity contribution in [2.45, 2.75) is 51.9 Å². The molecule has 0 bridgehead atoms. The fraction of sp³-hybridized carbons (Fsp3) is 0.600. The van der Waals surface area contributed by atoms with E-state index >= 15 is 0 Å². The highest BCUT2D eigenvalue weighted by atomic mass is 32.1. The van der Waals surface area contributed by atoms with Crippen LogP contribution in [0.3, 0.4) is 0 Å². The van der Waals surface area contributed by atoms with E-state index in [0.29, 0.717) is 5.92 Å². The van der Waals surface area contributed by atoms with E-state index in [4.69, 9.17) is 5.73 Å². The van der Waals surface area contributed by atoms with Gasteiger partial charge < -0.3 is 5.73 Å². The lowest BCUT2D eigenvalue weighted by Gasteiger charge is -2.22. The van der Waals surface area contributed by atoms with Crippen LogP contribution in [0.15, 0.2) is 34.9 Å². The Morgan fingerprint density at radius 3 is 2.88 bits per heavy atom. The van der Waals surface area contributed by atoms with Gasteiger partial charge in [-0.2, -0.15) is 0 Å². The smallest absolute Gasteiger partial charge is 0.0237 e. The molecular weight excluding hydrogens is 226 g/mol. The summed E-state index contributed by atoms with van der Waals surface area (Å²) < 4.78 is 0. The highest BCUT2D eigenvalue weighted by Crippen LogP contribution is 2.29. The average Bonchev–Trinajstić information content (AvgIpc) is 2.38. The van der Waals surface area contributed by atoms with Crippen LogP contribution in [0.5, 0.6) is 0 Å². The van der Waals surface area contributed by atoms with Gasteiger partial charge >= 0.3 is 0 Å². The minimum Gasteiger partial charge on any atom is -0.401 e. The summed E-state index contributed by atoms with van der Waals surface area (Å²) in [5.74, 6) is 0.392. The molecule has 1 aliphatic carbocycles. The van der Waals surface area contributed by atoms with Gasteiger partial charge in [-0.1, -0.05) is 56.4 Å². The molecule has 0 aromatic heterocycles. The summed E-state index contributed by atoms with van der Waals surface area (Å²) in [4.78, 5) is 0. The van der Waals surface area contributed by atoms with Crippen LogP contribution in [0, 0.1) is 5.92 Å². The van der Waals surface area contributed by atoms with Crippen LogP contribution in [0.4, 0.5) is 0 Å². The maximum atomic E-state index is 6.00. The first-order valence-electron chi connectivity index (χ1n) is 6.75. The van der Waals surface area contributed by atoms with Crippen molar-refractivity contribution in [1.29, 1.82) is 0 Å². The Morgan fingerprint density at radius 1 is 1.41 bits per heavy atom. The molecule has 1 unspecified atom stereocenters. The molecule has 96 valence electrons. The van der Waals surface area contributed by atoms with E-state index in [-0.39, 0.29) is 0 Å². The second kappa shape index (κ2) is 8.46. The van der Waals surface area contributed by atoms with Crippen molar-refractivity contribution in [1.82, 2.24) is 0 Å². The minimum atomic E-state index is 0.392. The lowest BCUT2D eigenvalue weighted by Crippen LogP contribution is -2.15. The summed E-state index contributed by atoms with van der Waals surface area (Å²) in [5.41, 5.74) is 8.38. The molecule has 0 spiro atoms. The Morgan fingerprint density at radius 2 is 2.18 bits per heavy atom. The van der Waals surface area contributed by atoms with Crippen LogP contribution >= 0.6 is 12.6 Å². The monoisotopic (exact) mass is 251 g/mol. The van der Waals surface area contributed by atoms with Gasteiger partial charge in [0, 0.05) is 11.6 Å². The number of hydrogen-bond donors (Lipinski definition) is 2. The normalized spacial score (nSPS) is 20.5. The molecule has 0 saturated carbocycles. The lowest BCUT2D eigenvalue weighted by atomic mass is 9.86. The number of rotatable bonds is 7. The quantitative estimate of drug-likeness (QED) is 0.503. The Labute approximate surface area is 111 Å². The van der Waals surface area contributed by atoms with Crippen molar-refractivity contribution in [2.75, 3.05) is 0 Å². The van der Waals surface area contributed by atoms with Gasteiger partial charge in [-0.05, 0) is 24.7 Å². The molecule has 0 radical (unpaired) electrons. The van der Waals surface area contributed by atoms with E-state index < -0.39 is 0 Å². The summed E-state index contributed by atoms with van der Waals surface area (Å²) in [6.45, 7) is 2.25. The Kier molecular flexibility index (Phi) is 7.18. The van der Waals surface area contributed by atoms with Gasteiger partial charge in [0.2, 0.25) is 0 Å². The van der Waals surface area contributed by atoms with Gasteiger partial charge in [0.15, 0.2) is 0 Å². The average molecular weight is 251 g/mol. The van der Waals surface area contributed by atoms with E-state index in [1.807, 2.05) is 0 Å². The van der Waals surface area contributed by atoms with Gasteiger partial charge in [0.1, 0.15) is 0 Å². The minimum absolute atomic E-state index is 0.392. The predicted octanol–water partition coefficient (Wildman–Crippen LogP) is 4.58. The number of hydrogen-bond acceptors (Lipinski definition) is 2. The van der Waals surface area contributed by atoms with Crippen molar-refractivity contribution in [2.24, 2.45) is 11.7 Å². The fourth-order valence-corrected chi connectivity index (χ4v) is 2.48. The van der Waals surface area contributed by atoms with E-state index in [1.165, 1.54) is 44.1 Å². The molecule has 2 N–H and O–H groups in total. The Balaban J connectivity index is 2.38. The lowest BCUT2D eigenvalue weighted by molar-refractivity contribution is 0.595. The standard InChI is InChI=1S/C15H25NS/c1-2-3-4-5-6-9-13-10-7-8-11-14(13)15(16)12-17/h7-8,10,12,14,17H,2-6,9,11,16H2,1H3/b15-12-. The number of thiol groups is 1. The van der Waals surface area contributed by atoms with Gasteiger partial charge in [0.25, 0.3) is 0 Å². The molecule has 0 saturated heterocycles. The second-order valence-electron chi connectivity index (χ2n) is 4.75. The topological polar surface area (TPSA) is 26.0 Å². The molecule has 1 aliphatic rings. The van der Waals surface area contributed by atoms with Gasteiger partial charge in [0.05, 0.1) is 0 Å². The molecule has 2 heteroatoms. The fourth-order valence-electron chi connectivity index (χ4n) is 2.30. The third kappa shape index (κ3) is 5.03. The molecule has 0 aromatic carbocycles. The van der Waals surface area contributed by atoms with Gasteiger partial charge in [-0.3, -0.25) is 0 Å². The van der Waals surface area contributed by atoms with Crippen LogP contribution in [0.1, 0.15) is 51.9 Å². The zero-order valence-electron chi connectivity index (χ0n) is 10.9. The molecule has 0 heterocycles. The largest absolute Gasteiger partial charge is 0.401 e. The Bertz CT molecular complexity index is 302. The maximum Gasteiger partial charge on any atom is 0.0237 e. The molecule has 0 fully saturated rings. The summed E-state index contributed by atoms with van der Waals surface area (Å²) in [6, 6.07) is 0. The molecule has 1 rings (SSSR count). The van der Waals surface area contributed by atoms with Crippen LogP contribution in [-0.2, 0) is 0 Å². The van der Waals surface area contributed by atoms with E-state index in [1.54, 1.807) is 5.41 Å². The van der Waals surface area contributed by atoms with Crippen molar-refractivity contribution in [3.05, 3.63) is 34.9 Å². The number of unbranched alkanes of at least 4 members (excludes halogenated alkanes) is 4. The van der Waals surface area contributed by atoms with Crippen molar-refractivity contribution in [3.8, 4) is 0 Å². The zero-order valence-corrected chi connectivity index (χ0v) is 11.8. The van der Waals surface area contributed by atoms with Crippen LogP contribution in [-0.4, -0.2) is 0 Å². The molecule has 1 atom stereocenters. The molecule has 0 aromatic rings. The second-order valence-corrected chi connectivity index (χ2v) is 5.01. The highest BCUT2D eigenvalue weighted by molar-refractivity contribution is 7.83. The maximum absolute atomic E-state index is 6.00.